The zero-order valence-electron chi connectivity index (χ0n) is 17.4. The Morgan fingerprint density at radius 3 is 2.57 bits per heavy atom. The van der Waals surface area contributed by atoms with Gasteiger partial charge in [-0.25, -0.2) is 0 Å². The first-order chi connectivity index (χ1) is 13.2. The predicted molar refractivity (Wildman–Crippen MR) is 102 cm³/mol. The SMILES string of the molecule is CCCC(C)NC(=O)C1N([C@H](C)CO)C(=O)[C@@H]2[C@H](C(=O)NC)[C@]3(C)CCC12O3. The largest absolute Gasteiger partial charge is 0.394 e. The fourth-order valence-electron chi connectivity index (χ4n) is 5.61. The molecule has 3 saturated heterocycles. The van der Waals surface area contributed by atoms with Gasteiger partial charge in [0, 0.05) is 13.1 Å². The second kappa shape index (κ2) is 7.30. The van der Waals surface area contributed by atoms with Gasteiger partial charge in [0.25, 0.3) is 0 Å². The minimum Gasteiger partial charge on any atom is -0.394 e. The van der Waals surface area contributed by atoms with Crippen molar-refractivity contribution in [3.8, 4) is 0 Å². The molecule has 8 nitrogen and oxygen atoms in total. The topological polar surface area (TPSA) is 108 Å². The fourth-order valence-corrected chi connectivity index (χ4v) is 5.61. The molecule has 3 rings (SSSR count). The van der Waals surface area contributed by atoms with Crippen molar-refractivity contribution >= 4 is 17.7 Å². The lowest BCUT2D eigenvalue weighted by molar-refractivity contribution is -0.149. The van der Waals surface area contributed by atoms with Crippen molar-refractivity contribution in [3.05, 3.63) is 0 Å². The molecule has 3 unspecified atom stereocenters. The summed E-state index contributed by atoms with van der Waals surface area (Å²) in [5.74, 6) is -2.13. The second-order valence-electron chi connectivity index (χ2n) is 8.82. The van der Waals surface area contributed by atoms with Crippen LogP contribution in [0, 0.1) is 11.8 Å². The molecule has 28 heavy (non-hydrogen) atoms. The Hall–Kier alpha value is -1.67. The third-order valence-corrected chi connectivity index (χ3v) is 6.84. The van der Waals surface area contributed by atoms with Gasteiger partial charge in [0.15, 0.2) is 0 Å². The highest BCUT2D eigenvalue weighted by molar-refractivity contribution is 5.99. The van der Waals surface area contributed by atoms with E-state index in [-0.39, 0.29) is 30.4 Å². The molecule has 0 aliphatic carbocycles. The monoisotopic (exact) mass is 395 g/mol. The zero-order valence-corrected chi connectivity index (χ0v) is 17.4. The first-order valence-electron chi connectivity index (χ1n) is 10.3. The maximum absolute atomic E-state index is 13.4. The molecule has 7 atom stereocenters. The quantitative estimate of drug-likeness (QED) is 0.570. The maximum atomic E-state index is 13.4. The number of nitrogens with zero attached hydrogens (tertiary/aromatic N) is 1. The molecule has 0 radical (unpaired) electrons. The van der Waals surface area contributed by atoms with Gasteiger partial charge in [0.05, 0.1) is 30.1 Å². The molecular weight excluding hydrogens is 362 g/mol. The van der Waals surface area contributed by atoms with Crippen LogP contribution in [0.4, 0.5) is 0 Å². The molecule has 8 heteroatoms. The molecular formula is C20H33N3O5. The Labute approximate surface area is 166 Å². The first-order valence-corrected chi connectivity index (χ1v) is 10.3. The molecule has 2 bridgehead atoms. The summed E-state index contributed by atoms with van der Waals surface area (Å²) in [4.78, 5) is 40.9. The van der Waals surface area contributed by atoms with Gasteiger partial charge in [0.2, 0.25) is 17.7 Å². The van der Waals surface area contributed by atoms with Crippen molar-refractivity contribution in [2.75, 3.05) is 13.7 Å². The number of carbonyl (C=O) groups excluding carboxylic acids is 3. The molecule has 3 amide bonds. The van der Waals surface area contributed by atoms with Crippen LogP contribution in [0.3, 0.4) is 0 Å². The van der Waals surface area contributed by atoms with Crippen molar-refractivity contribution in [1.29, 1.82) is 0 Å². The molecule has 0 aromatic heterocycles. The van der Waals surface area contributed by atoms with E-state index in [1.54, 1.807) is 14.0 Å². The van der Waals surface area contributed by atoms with E-state index in [1.165, 1.54) is 4.90 Å². The van der Waals surface area contributed by atoms with Crippen LogP contribution in [0.5, 0.6) is 0 Å². The van der Waals surface area contributed by atoms with Gasteiger partial charge in [-0.3, -0.25) is 14.4 Å². The summed E-state index contributed by atoms with van der Waals surface area (Å²) in [7, 11) is 1.55. The Bertz CT molecular complexity index is 670. The average molecular weight is 396 g/mol. The lowest BCUT2D eigenvalue weighted by atomic mass is 9.66. The van der Waals surface area contributed by atoms with E-state index in [1.807, 2.05) is 20.8 Å². The molecule has 1 spiro atoms. The Balaban J connectivity index is 2.03. The van der Waals surface area contributed by atoms with E-state index in [0.29, 0.717) is 12.8 Å². The Morgan fingerprint density at radius 2 is 2.00 bits per heavy atom. The van der Waals surface area contributed by atoms with Gasteiger partial charge in [0.1, 0.15) is 11.6 Å². The smallest absolute Gasteiger partial charge is 0.246 e. The van der Waals surface area contributed by atoms with Gasteiger partial charge in [-0.15, -0.1) is 0 Å². The molecule has 158 valence electrons. The van der Waals surface area contributed by atoms with Crippen LogP contribution in [0.2, 0.25) is 0 Å². The minimum atomic E-state index is -1.03. The third-order valence-electron chi connectivity index (χ3n) is 6.84. The van der Waals surface area contributed by atoms with E-state index in [2.05, 4.69) is 10.6 Å². The van der Waals surface area contributed by atoms with Gasteiger partial charge in [-0.05, 0) is 40.0 Å². The Kier molecular flexibility index (Phi) is 5.49. The number of carbonyl (C=O) groups is 3. The molecule has 3 fully saturated rings. The number of amides is 3. The first kappa shape index (κ1) is 21.0. The lowest BCUT2D eigenvalue weighted by Crippen LogP contribution is -2.58. The molecule has 0 aromatic rings. The highest BCUT2D eigenvalue weighted by Gasteiger charge is 2.78. The molecule has 3 aliphatic rings. The van der Waals surface area contributed by atoms with Gasteiger partial charge < -0.3 is 25.4 Å². The second-order valence-corrected chi connectivity index (χ2v) is 8.82. The van der Waals surface area contributed by atoms with Crippen LogP contribution in [0.1, 0.15) is 53.4 Å². The van der Waals surface area contributed by atoms with Gasteiger partial charge in [-0.2, -0.15) is 0 Å². The van der Waals surface area contributed by atoms with Crippen LogP contribution < -0.4 is 10.6 Å². The maximum Gasteiger partial charge on any atom is 0.246 e. The van der Waals surface area contributed by atoms with Crippen molar-refractivity contribution in [1.82, 2.24) is 15.5 Å². The number of hydrogen-bond donors (Lipinski definition) is 3. The van der Waals surface area contributed by atoms with Crippen LogP contribution in [0.15, 0.2) is 0 Å². The fraction of sp³-hybridized carbons (Fsp3) is 0.850. The van der Waals surface area contributed by atoms with Crippen LogP contribution in [-0.2, 0) is 19.1 Å². The van der Waals surface area contributed by atoms with Crippen molar-refractivity contribution in [2.45, 2.75) is 82.7 Å². The minimum absolute atomic E-state index is 0.0294. The van der Waals surface area contributed by atoms with Crippen LogP contribution in [-0.4, -0.2) is 70.7 Å². The summed E-state index contributed by atoms with van der Waals surface area (Å²) < 4.78 is 6.41. The molecule has 0 aromatic carbocycles. The van der Waals surface area contributed by atoms with E-state index in [0.717, 1.165) is 12.8 Å². The van der Waals surface area contributed by atoms with Crippen molar-refractivity contribution < 1.29 is 24.2 Å². The highest BCUT2D eigenvalue weighted by atomic mass is 16.5. The highest BCUT2D eigenvalue weighted by Crippen LogP contribution is 2.63. The number of fused-ring (bicyclic) bond motifs is 1. The summed E-state index contributed by atoms with van der Waals surface area (Å²) >= 11 is 0. The standard InChI is InChI=1S/C20H33N3O5/c1-6-7-11(2)22-17(26)15-20-9-8-19(4,28-20)13(16(25)21-5)14(20)18(27)23(15)12(3)10-24/h11-15,24H,6-10H2,1-5H3,(H,21,25)(H,22,26)/t11?,12-,13-,14+,15?,19+,20?/m1/s1. The van der Waals surface area contributed by atoms with Gasteiger partial charge >= 0.3 is 0 Å². The van der Waals surface area contributed by atoms with Crippen molar-refractivity contribution in [3.63, 3.8) is 0 Å². The predicted octanol–water partition coefficient (Wildman–Crippen LogP) is 0.183. The van der Waals surface area contributed by atoms with Crippen LogP contribution in [0.25, 0.3) is 0 Å². The Morgan fingerprint density at radius 1 is 1.32 bits per heavy atom. The van der Waals surface area contributed by atoms with Gasteiger partial charge in [-0.1, -0.05) is 13.3 Å². The number of aliphatic hydroxyl groups is 1. The lowest BCUT2D eigenvalue weighted by Gasteiger charge is -2.36. The van der Waals surface area contributed by atoms with E-state index in [4.69, 9.17) is 4.74 Å². The summed E-state index contributed by atoms with van der Waals surface area (Å²) in [6.45, 7) is 7.31. The van der Waals surface area contributed by atoms with E-state index in [9.17, 15) is 19.5 Å². The van der Waals surface area contributed by atoms with E-state index < -0.39 is 35.1 Å². The number of nitrogens with one attached hydrogen (secondary N) is 2. The number of rotatable bonds is 7. The molecule has 3 aliphatic heterocycles. The zero-order chi connectivity index (χ0) is 20.9. The van der Waals surface area contributed by atoms with Crippen LogP contribution >= 0.6 is 0 Å². The number of hydrogen-bond acceptors (Lipinski definition) is 5. The number of ether oxygens (including phenoxy) is 1. The summed E-state index contributed by atoms with van der Waals surface area (Å²) in [6, 6.07) is -1.41. The number of likely N-dealkylation sites (tertiary alicyclic amines) is 1. The summed E-state index contributed by atoms with van der Waals surface area (Å²) in [5.41, 5.74) is -1.79. The molecule has 0 saturated carbocycles. The average Bonchev–Trinajstić information content (AvgIpc) is 3.21. The number of aliphatic hydroxyl groups excluding tert-OH is 1. The van der Waals surface area contributed by atoms with Crippen molar-refractivity contribution in [2.24, 2.45) is 11.8 Å². The molecule has 3 N–H and O–H groups in total. The van der Waals surface area contributed by atoms with E-state index >= 15 is 0 Å². The molecule has 3 heterocycles. The summed E-state index contributed by atoms with van der Waals surface area (Å²) in [6.07, 6.45) is 2.92. The third kappa shape index (κ3) is 2.84. The summed E-state index contributed by atoms with van der Waals surface area (Å²) in [5, 5.41) is 15.4. The normalized spacial score (nSPS) is 38.3.